The van der Waals surface area contributed by atoms with Crippen molar-refractivity contribution >= 4 is 17.4 Å². The highest BCUT2D eigenvalue weighted by Gasteiger charge is 2.21. The van der Waals surface area contributed by atoms with Crippen LogP contribution in [-0.2, 0) is 4.79 Å². The number of benzene rings is 1. The molecule has 0 saturated carbocycles. The van der Waals surface area contributed by atoms with Crippen molar-refractivity contribution in [1.29, 1.82) is 0 Å². The van der Waals surface area contributed by atoms with E-state index in [0.29, 0.717) is 11.3 Å². The first-order chi connectivity index (χ1) is 7.29. The highest BCUT2D eigenvalue weighted by Crippen LogP contribution is 2.07. The van der Waals surface area contributed by atoms with Crippen molar-refractivity contribution in [2.45, 2.75) is 26.3 Å². The molecule has 0 aromatic heterocycles. The summed E-state index contributed by atoms with van der Waals surface area (Å²) in [6.07, 6.45) is 0. The molecule has 0 atom stereocenters. The molecule has 0 aliphatic carbocycles. The number of nitrogen functional groups attached to an aromatic ring is 1. The highest BCUT2D eigenvalue weighted by molar-refractivity contribution is 6.42. The van der Waals surface area contributed by atoms with Crippen molar-refractivity contribution in [3.05, 3.63) is 29.8 Å². The summed E-state index contributed by atoms with van der Waals surface area (Å²) in [5, 5.41) is 2.61. The number of hydrogen-bond donors (Lipinski definition) is 2. The zero-order valence-electron chi connectivity index (χ0n) is 9.70. The fourth-order valence-corrected chi connectivity index (χ4v) is 1.16. The van der Waals surface area contributed by atoms with Crippen molar-refractivity contribution in [2.75, 3.05) is 5.73 Å². The zero-order chi connectivity index (χ0) is 12.3. The van der Waals surface area contributed by atoms with Gasteiger partial charge in [-0.05, 0) is 45.0 Å². The number of anilines is 1. The maximum absolute atomic E-state index is 11.7. The molecule has 1 aromatic carbocycles. The molecule has 0 saturated heterocycles. The van der Waals surface area contributed by atoms with Gasteiger partial charge in [-0.2, -0.15) is 0 Å². The van der Waals surface area contributed by atoms with Crippen molar-refractivity contribution in [2.24, 2.45) is 0 Å². The van der Waals surface area contributed by atoms with Gasteiger partial charge in [0.05, 0.1) is 0 Å². The van der Waals surface area contributed by atoms with E-state index in [1.807, 2.05) is 20.8 Å². The van der Waals surface area contributed by atoms with E-state index in [-0.39, 0.29) is 0 Å². The summed E-state index contributed by atoms with van der Waals surface area (Å²) in [6, 6.07) is 6.27. The first-order valence-electron chi connectivity index (χ1n) is 5.02. The smallest absolute Gasteiger partial charge is 0.292 e. The molecule has 0 spiro atoms. The summed E-state index contributed by atoms with van der Waals surface area (Å²) in [5.41, 5.74) is 5.98. The highest BCUT2D eigenvalue weighted by atomic mass is 16.2. The second kappa shape index (κ2) is 4.35. The van der Waals surface area contributed by atoms with Crippen LogP contribution >= 0.6 is 0 Å². The summed E-state index contributed by atoms with van der Waals surface area (Å²) in [6.45, 7) is 5.46. The van der Waals surface area contributed by atoms with Crippen LogP contribution in [0.4, 0.5) is 5.69 Å². The molecule has 0 radical (unpaired) electrons. The first-order valence-corrected chi connectivity index (χ1v) is 5.02. The number of amides is 1. The minimum absolute atomic E-state index is 0.343. The minimum Gasteiger partial charge on any atom is -0.399 e. The number of nitrogens with two attached hydrogens (primary N) is 1. The van der Waals surface area contributed by atoms with E-state index < -0.39 is 17.2 Å². The van der Waals surface area contributed by atoms with Crippen LogP contribution in [0, 0.1) is 0 Å². The predicted octanol–water partition coefficient (Wildman–Crippen LogP) is 1.37. The van der Waals surface area contributed by atoms with E-state index in [1.165, 1.54) is 0 Å². The Labute approximate surface area is 94.8 Å². The molecule has 4 heteroatoms. The van der Waals surface area contributed by atoms with Gasteiger partial charge in [0, 0.05) is 16.8 Å². The third kappa shape index (κ3) is 3.38. The SMILES string of the molecule is CC(C)(C)NC(=O)C(=O)c1ccc(N)cc1. The molecule has 1 amide bonds. The standard InChI is InChI=1S/C12H16N2O2/c1-12(2,3)14-11(16)10(15)8-4-6-9(13)7-5-8/h4-7H,13H2,1-3H3,(H,14,16). The molecule has 0 aliphatic heterocycles. The van der Waals surface area contributed by atoms with Crippen molar-refractivity contribution in [3.63, 3.8) is 0 Å². The molecule has 0 fully saturated rings. The monoisotopic (exact) mass is 220 g/mol. The Morgan fingerprint density at radius 3 is 2.06 bits per heavy atom. The van der Waals surface area contributed by atoms with Crippen LogP contribution in [0.5, 0.6) is 0 Å². The Morgan fingerprint density at radius 2 is 1.62 bits per heavy atom. The van der Waals surface area contributed by atoms with Crippen LogP contribution < -0.4 is 11.1 Å². The average molecular weight is 220 g/mol. The lowest BCUT2D eigenvalue weighted by Crippen LogP contribution is -2.44. The number of nitrogens with one attached hydrogen (secondary N) is 1. The summed E-state index contributed by atoms with van der Waals surface area (Å²) in [7, 11) is 0. The number of carbonyl (C=O) groups is 2. The van der Waals surface area contributed by atoms with E-state index in [0.717, 1.165) is 0 Å². The van der Waals surface area contributed by atoms with Gasteiger partial charge < -0.3 is 11.1 Å². The van der Waals surface area contributed by atoms with Crippen molar-refractivity contribution in [1.82, 2.24) is 5.32 Å². The topological polar surface area (TPSA) is 72.2 Å². The van der Waals surface area contributed by atoms with Crippen LogP contribution in [0.3, 0.4) is 0 Å². The van der Waals surface area contributed by atoms with Crippen molar-refractivity contribution in [3.8, 4) is 0 Å². The third-order valence-electron chi connectivity index (χ3n) is 1.87. The molecular formula is C12H16N2O2. The van der Waals surface area contributed by atoms with Gasteiger partial charge in [0.1, 0.15) is 0 Å². The Hall–Kier alpha value is -1.84. The Kier molecular flexibility index (Phi) is 3.32. The van der Waals surface area contributed by atoms with Crippen LogP contribution in [0.15, 0.2) is 24.3 Å². The van der Waals surface area contributed by atoms with E-state index in [1.54, 1.807) is 24.3 Å². The number of hydrogen-bond acceptors (Lipinski definition) is 3. The lowest BCUT2D eigenvalue weighted by Gasteiger charge is -2.19. The van der Waals surface area contributed by atoms with Gasteiger partial charge in [-0.1, -0.05) is 0 Å². The summed E-state index contributed by atoms with van der Waals surface area (Å²) in [4.78, 5) is 23.2. The lowest BCUT2D eigenvalue weighted by molar-refractivity contribution is -0.118. The molecular weight excluding hydrogens is 204 g/mol. The average Bonchev–Trinajstić information content (AvgIpc) is 2.15. The van der Waals surface area contributed by atoms with Gasteiger partial charge in [-0.15, -0.1) is 0 Å². The molecule has 4 nitrogen and oxygen atoms in total. The maximum atomic E-state index is 11.7. The first kappa shape index (κ1) is 12.2. The predicted molar refractivity (Wildman–Crippen MR) is 63.1 cm³/mol. The summed E-state index contributed by atoms with van der Waals surface area (Å²) >= 11 is 0. The number of carbonyl (C=O) groups excluding carboxylic acids is 2. The van der Waals surface area contributed by atoms with Crippen LogP contribution in [0.25, 0.3) is 0 Å². The number of rotatable bonds is 2. The van der Waals surface area contributed by atoms with E-state index in [9.17, 15) is 9.59 Å². The third-order valence-corrected chi connectivity index (χ3v) is 1.87. The molecule has 1 aromatic rings. The minimum atomic E-state index is -0.600. The summed E-state index contributed by atoms with van der Waals surface area (Å²) < 4.78 is 0. The maximum Gasteiger partial charge on any atom is 0.292 e. The molecule has 0 bridgehead atoms. The second-order valence-corrected chi connectivity index (χ2v) is 4.66. The van der Waals surface area contributed by atoms with Gasteiger partial charge in [-0.3, -0.25) is 9.59 Å². The molecule has 0 aliphatic rings. The van der Waals surface area contributed by atoms with E-state index in [4.69, 9.17) is 5.73 Å². The Bertz CT molecular complexity index is 402. The van der Waals surface area contributed by atoms with E-state index in [2.05, 4.69) is 5.32 Å². The summed E-state index contributed by atoms with van der Waals surface area (Å²) in [5.74, 6) is -1.15. The van der Waals surface area contributed by atoms with Crippen LogP contribution in [-0.4, -0.2) is 17.2 Å². The Balaban J connectivity index is 2.79. The van der Waals surface area contributed by atoms with Gasteiger partial charge in [0.25, 0.3) is 5.91 Å². The fourth-order valence-electron chi connectivity index (χ4n) is 1.16. The van der Waals surface area contributed by atoms with Gasteiger partial charge >= 0.3 is 0 Å². The molecule has 0 unspecified atom stereocenters. The lowest BCUT2D eigenvalue weighted by atomic mass is 10.1. The quantitative estimate of drug-likeness (QED) is 0.449. The second-order valence-electron chi connectivity index (χ2n) is 4.66. The van der Waals surface area contributed by atoms with Crippen LogP contribution in [0.1, 0.15) is 31.1 Å². The normalized spacial score (nSPS) is 10.9. The Morgan fingerprint density at radius 1 is 1.12 bits per heavy atom. The zero-order valence-corrected chi connectivity index (χ0v) is 9.70. The van der Waals surface area contributed by atoms with Crippen LogP contribution in [0.2, 0.25) is 0 Å². The van der Waals surface area contributed by atoms with Gasteiger partial charge in [0.15, 0.2) is 0 Å². The molecule has 1 rings (SSSR count). The molecule has 3 N–H and O–H groups in total. The fraction of sp³-hybridized carbons (Fsp3) is 0.333. The molecule has 86 valence electrons. The molecule has 16 heavy (non-hydrogen) atoms. The molecule has 0 heterocycles. The largest absolute Gasteiger partial charge is 0.399 e. The van der Waals surface area contributed by atoms with Gasteiger partial charge in [-0.25, -0.2) is 0 Å². The van der Waals surface area contributed by atoms with Crippen molar-refractivity contribution < 1.29 is 9.59 Å². The van der Waals surface area contributed by atoms with Gasteiger partial charge in [0.2, 0.25) is 5.78 Å². The number of ketones is 1. The number of Topliss-reactive ketones (excluding diaryl/α,β-unsaturated/α-hetero) is 1. The van der Waals surface area contributed by atoms with E-state index >= 15 is 0 Å².